The normalized spacial score (nSPS) is 13.6. The van der Waals surface area contributed by atoms with Gasteiger partial charge in [-0.2, -0.15) is 0 Å². The summed E-state index contributed by atoms with van der Waals surface area (Å²) in [5, 5.41) is 0. The van der Waals surface area contributed by atoms with Crippen molar-refractivity contribution >= 4 is 23.2 Å². The van der Waals surface area contributed by atoms with Crippen LogP contribution in [0.5, 0.6) is 0 Å². The summed E-state index contributed by atoms with van der Waals surface area (Å²) in [6, 6.07) is 0. The maximum absolute atomic E-state index is 11.3. The number of ether oxygens (including phenoxy) is 1. The molecule has 0 aromatic carbocycles. The second-order valence-electron chi connectivity index (χ2n) is 6.64. The summed E-state index contributed by atoms with van der Waals surface area (Å²) in [5.41, 5.74) is 0.447. The molecule has 0 saturated heterocycles. The van der Waals surface area contributed by atoms with E-state index in [0.29, 0.717) is 12.2 Å². The van der Waals surface area contributed by atoms with Crippen LogP contribution in [-0.2, 0) is 9.53 Å². The summed E-state index contributed by atoms with van der Waals surface area (Å²) in [6.45, 7) is 12.2. The van der Waals surface area contributed by atoms with Crippen LogP contribution in [0.15, 0.2) is 12.2 Å². The van der Waals surface area contributed by atoms with Crippen molar-refractivity contribution in [1.29, 1.82) is 0 Å². The van der Waals surface area contributed by atoms with Gasteiger partial charge in [-0.05, 0) is 0 Å². The van der Waals surface area contributed by atoms with Crippen LogP contribution >= 0.6 is 17.2 Å². The van der Waals surface area contributed by atoms with Gasteiger partial charge in [0.15, 0.2) is 0 Å². The number of carbonyl (C=O) groups is 1. The van der Waals surface area contributed by atoms with Gasteiger partial charge in [0.2, 0.25) is 0 Å². The Balaban J connectivity index is 3.92. The number of rotatable bonds is 11. The van der Waals surface area contributed by atoms with Gasteiger partial charge in [-0.3, -0.25) is 0 Å². The van der Waals surface area contributed by atoms with Crippen LogP contribution in [0.25, 0.3) is 0 Å². The minimum absolute atomic E-state index is 0.312. The van der Waals surface area contributed by atoms with E-state index < -0.39 is 5.96 Å². The zero-order valence-electron chi connectivity index (χ0n) is 13.7. The molecule has 20 heavy (non-hydrogen) atoms. The van der Waals surface area contributed by atoms with Crippen LogP contribution in [-0.4, -0.2) is 38.2 Å². The Kier molecular flexibility index (Phi) is 9.02. The molecule has 4 heteroatoms. The molecule has 0 heterocycles. The molecule has 0 aliphatic rings. The first kappa shape index (κ1) is 19.9. The van der Waals surface area contributed by atoms with Crippen molar-refractivity contribution in [1.82, 2.24) is 0 Å². The van der Waals surface area contributed by atoms with Crippen molar-refractivity contribution in [3.8, 4) is 0 Å². The predicted molar refractivity (Wildman–Crippen MR) is 93.5 cm³/mol. The molecule has 0 aliphatic carbocycles. The number of carbonyl (C=O) groups excluding carboxylic acids is 1. The Morgan fingerprint density at radius 3 is 2.20 bits per heavy atom. The number of hydrogen-bond acceptors (Lipinski definition) is 2. The van der Waals surface area contributed by atoms with Gasteiger partial charge < -0.3 is 0 Å². The number of halogens is 1. The van der Waals surface area contributed by atoms with E-state index in [4.69, 9.17) is 16.0 Å². The van der Waals surface area contributed by atoms with Crippen LogP contribution in [0.1, 0.15) is 52.4 Å². The third kappa shape index (κ3) is 10.7. The molecule has 0 rings (SSSR count). The van der Waals surface area contributed by atoms with Gasteiger partial charge in [-0.15, -0.1) is 0 Å². The van der Waals surface area contributed by atoms with Gasteiger partial charge in [-0.1, -0.05) is 0 Å². The van der Waals surface area contributed by atoms with Gasteiger partial charge >= 0.3 is 129 Å². The summed E-state index contributed by atoms with van der Waals surface area (Å²) in [6.07, 6.45) is 9.57. The second kappa shape index (κ2) is 9.05. The average molecular weight is 323 g/mol. The Labute approximate surface area is 130 Å². The molecule has 0 aliphatic heterocycles. The molecule has 0 aromatic rings. The molecular weight excluding hydrogens is 291 g/mol. The molecule has 0 spiro atoms. The first-order valence-electron chi connectivity index (χ1n) is 7.70. The van der Waals surface area contributed by atoms with E-state index in [1.54, 1.807) is 6.92 Å². The predicted octanol–water partition coefficient (Wildman–Crippen LogP) is 5.43. The van der Waals surface area contributed by atoms with E-state index in [0.717, 1.165) is 12.3 Å². The summed E-state index contributed by atoms with van der Waals surface area (Å²) in [5.74, 6) is -2.49. The molecule has 2 nitrogen and oxygen atoms in total. The Hall–Kier alpha value is -0.0700. The van der Waals surface area contributed by atoms with E-state index >= 15 is 0 Å². The first-order valence-corrected chi connectivity index (χ1v) is 12.1. The molecular formula is C16H32ClO2P. The zero-order valence-corrected chi connectivity index (χ0v) is 15.4. The average Bonchev–Trinajstić information content (AvgIpc) is 2.32. The van der Waals surface area contributed by atoms with Crippen molar-refractivity contribution < 1.29 is 9.53 Å². The molecule has 0 N–H and O–H groups in total. The maximum atomic E-state index is 11.3. The molecule has 0 amide bonds. The molecule has 0 radical (unpaired) electrons. The van der Waals surface area contributed by atoms with E-state index in [9.17, 15) is 4.79 Å². The third-order valence-electron chi connectivity index (χ3n) is 3.56. The molecule has 0 unspecified atom stereocenters. The summed E-state index contributed by atoms with van der Waals surface area (Å²) >= 11 is 6.81. The van der Waals surface area contributed by atoms with E-state index in [-0.39, 0.29) is 5.97 Å². The second-order valence-corrected chi connectivity index (χ2v) is 16.0. The third-order valence-corrected chi connectivity index (χ3v) is 7.84. The zero-order chi connectivity index (χ0) is 15.7. The van der Waals surface area contributed by atoms with Gasteiger partial charge in [0, 0.05) is 0 Å². The van der Waals surface area contributed by atoms with Crippen molar-refractivity contribution in [2.75, 3.05) is 32.3 Å². The molecule has 0 bridgehead atoms. The van der Waals surface area contributed by atoms with Crippen molar-refractivity contribution in [2.45, 2.75) is 52.4 Å². The van der Waals surface area contributed by atoms with Crippen molar-refractivity contribution in [3.63, 3.8) is 0 Å². The van der Waals surface area contributed by atoms with Crippen molar-refractivity contribution in [3.05, 3.63) is 12.2 Å². The summed E-state index contributed by atoms with van der Waals surface area (Å²) < 4.78 is 5.17. The van der Waals surface area contributed by atoms with Gasteiger partial charge in [-0.25, -0.2) is 0 Å². The molecule has 0 atom stereocenters. The number of esters is 1. The topological polar surface area (TPSA) is 26.3 Å². The summed E-state index contributed by atoms with van der Waals surface area (Å²) in [4.78, 5) is 11.3. The van der Waals surface area contributed by atoms with Crippen LogP contribution in [0.2, 0.25) is 0 Å². The van der Waals surface area contributed by atoms with Crippen LogP contribution in [0.3, 0.4) is 0 Å². The fourth-order valence-electron chi connectivity index (χ4n) is 2.03. The van der Waals surface area contributed by atoms with Crippen molar-refractivity contribution in [2.24, 2.45) is 0 Å². The van der Waals surface area contributed by atoms with Gasteiger partial charge in [0.1, 0.15) is 0 Å². The van der Waals surface area contributed by atoms with Crippen LogP contribution in [0.4, 0.5) is 0 Å². The first-order chi connectivity index (χ1) is 9.15. The Morgan fingerprint density at radius 1 is 1.10 bits per heavy atom. The minimum atomic E-state index is -2.18. The van der Waals surface area contributed by atoms with E-state index in [1.165, 1.54) is 38.5 Å². The van der Waals surface area contributed by atoms with Gasteiger partial charge in [0.05, 0.1) is 0 Å². The SMILES string of the molecule is C=C(C)C(=O)OCCP(C)(C)(Cl)CCCCCCCC. The molecule has 0 saturated carbocycles. The van der Waals surface area contributed by atoms with Crippen LogP contribution in [0, 0.1) is 0 Å². The van der Waals surface area contributed by atoms with E-state index in [2.05, 4.69) is 26.8 Å². The molecule has 0 aromatic heterocycles. The van der Waals surface area contributed by atoms with Crippen LogP contribution < -0.4 is 0 Å². The summed E-state index contributed by atoms with van der Waals surface area (Å²) in [7, 11) is 0. The fraction of sp³-hybridized carbons (Fsp3) is 0.812. The Morgan fingerprint density at radius 2 is 1.65 bits per heavy atom. The standard InChI is InChI=1S/C16H32ClO2P/c1-6-7-8-9-10-11-13-20(4,5,17)14-12-19-16(18)15(2)3/h2,6-14H2,1,3-5H3. The monoisotopic (exact) mass is 322 g/mol. The fourth-order valence-corrected chi connectivity index (χ4v) is 4.68. The van der Waals surface area contributed by atoms with E-state index in [1.807, 2.05) is 0 Å². The molecule has 0 fully saturated rings. The molecule has 120 valence electrons. The van der Waals surface area contributed by atoms with Gasteiger partial charge in [0.25, 0.3) is 0 Å². The quantitative estimate of drug-likeness (QED) is 0.219. The Bertz CT molecular complexity index is 318. The number of unbranched alkanes of at least 4 members (excludes halogenated alkanes) is 5. The number of hydrogen-bond donors (Lipinski definition) is 0.